The smallest absolute Gasteiger partial charge is 0.251 e. The quantitative estimate of drug-likeness (QED) is 0.753. The minimum absolute atomic E-state index is 0.0962. The van der Waals surface area contributed by atoms with E-state index in [1.54, 1.807) is 11.8 Å². The van der Waals surface area contributed by atoms with Crippen molar-refractivity contribution < 1.29 is 4.79 Å². The van der Waals surface area contributed by atoms with Crippen LogP contribution in [-0.2, 0) is 6.54 Å². The van der Waals surface area contributed by atoms with E-state index in [0.717, 1.165) is 16.1 Å². The molecule has 0 atom stereocenters. The van der Waals surface area contributed by atoms with Crippen molar-refractivity contribution in [1.82, 2.24) is 19.9 Å². The van der Waals surface area contributed by atoms with Crippen molar-refractivity contribution in [3.8, 4) is 0 Å². The van der Waals surface area contributed by atoms with E-state index in [0.29, 0.717) is 17.9 Å². The van der Waals surface area contributed by atoms with Crippen LogP contribution in [0.5, 0.6) is 0 Å². The molecule has 1 aromatic carbocycles. The Bertz CT molecular complexity index is 828. The molecule has 0 bridgehead atoms. The number of rotatable bonds is 4. The molecular weight excluding hydrogens is 296 g/mol. The summed E-state index contributed by atoms with van der Waals surface area (Å²) < 4.78 is 1.87. The number of fused-ring (bicyclic) bond motifs is 1. The third-order valence-corrected chi connectivity index (χ3v) is 4.21. The maximum absolute atomic E-state index is 12.4. The number of benzene rings is 1. The first-order chi connectivity index (χ1) is 10.7. The zero-order valence-electron chi connectivity index (χ0n) is 12.4. The number of nitrogens with zero attached hydrogens (tertiary/aromatic N) is 3. The van der Waals surface area contributed by atoms with Crippen molar-refractivity contribution in [3.63, 3.8) is 0 Å². The van der Waals surface area contributed by atoms with Gasteiger partial charge in [0.25, 0.3) is 5.91 Å². The van der Waals surface area contributed by atoms with Gasteiger partial charge in [-0.15, -0.1) is 22.0 Å². The van der Waals surface area contributed by atoms with Crippen molar-refractivity contribution in [2.45, 2.75) is 18.4 Å². The molecule has 6 heteroatoms. The van der Waals surface area contributed by atoms with Gasteiger partial charge in [0, 0.05) is 16.7 Å². The van der Waals surface area contributed by atoms with Gasteiger partial charge in [0.2, 0.25) is 0 Å². The summed E-state index contributed by atoms with van der Waals surface area (Å²) in [6.07, 6.45) is 3.88. The van der Waals surface area contributed by atoms with Gasteiger partial charge in [0.15, 0.2) is 11.5 Å². The van der Waals surface area contributed by atoms with Gasteiger partial charge in [-0.1, -0.05) is 12.1 Å². The average molecular weight is 312 g/mol. The van der Waals surface area contributed by atoms with E-state index >= 15 is 0 Å². The van der Waals surface area contributed by atoms with Gasteiger partial charge in [-0.3, -0.25) is 9.20 Å². The lowest BCUT2D eigenvalue weighted by Gasteiger charge is -2.08. The molecule has 0 aliphatic heterocycles. The molecule has 0 unspecified atom stereocenters. The van der Waals surface area contributed by atoms with Crippen LogP contribution >= 0.6 is 11.8 Å². The zero-order valence-corrected chi connectivity index (χ0v) is 13.2. The molecule has 0 spiro atoms. The number of pyridine rings is 1. The standard InChI is InChI=1S/C16H16N4OS/c1-11-6-7-12(22-2)9-13(11)16(21)17-10-15-19-18-14-5-3-4-8-20(14)15/h3-9H,10H2,1-2H3,(H,17,21). The van der Waals surface area contributed by atoms with E-state index in [4.69, 9.17) is 0 Å². The molecule has 22 heavy (non-hydrogen) atoms. The first-order valence-electron chi connectivity index (χ1n) is 6.90. The number of aryl methyl sites for hydroxylation is 1. The fraction of sp³-hybridized carbons (Fsp3) is 0.188. The minimum atomic E-state index is -0.0962. The average Bonchev–Trinajstić information content (AvgIpc) is 2.96. The van der Waals surface area contributed by atoms with Crippen LogP contribution < -0.4 is 5.32 Å². The molecule has 2 heterocycles. The lowest BCUT2D eigenvalue weighted by molar-refractivity contribution is 0.0949. The number of hydrogen-bond acceptors (Lipinski definition) is 4. The van der Waals surface area contributed by atoms with Gasteiger partial charge >= 0.3 is 0 Å². The van der Waals surface area contributed by atoms with Crippen LogP contribution in [0.15, 0.2) is 47.5 Å². The molecule has 112 valence electrons. The molecule has 3 rings (SSSR count). The SMILES string of the molecule is CSc1ccc(C)c(C(=O)NCc2nnc3ccccn23)c1. The number of amides is 1. The Morgan fingerprint density at radius 2 is 2.14 bits per heavy atom. The molecule has 0 aliphatic carbocycles. The van der Waals surface area contributed by atoms with E-state index in [2.05, 4.69) is 15.5 Å². The van der Waals surface area contributed by atoms with E-state index in [1.165, 1.54) is 0 Å². The van der Waals surface area contributed by atoms with Gasteiger partial charge in [-0.2, -0.15) is 0 Å². The molecule has 1 N–H and O–H groups in total. The van der Waals surface area contributed by atoms with Crippen LogP contribution in [0.2, 0.25) is 0 Å². The summed E-state index contributed by atoms with van der Waals surface area (Å²) in [4.78, 5) is 13.5. The molecule has 0 aliphatic rings. The Morgan fingerprint density at radius 3 is 2.95 bits per heavy atom. The molecule has 3 aromatic rings. The summed E-state index contributed by atoms with van der Waals surface area (Å²) in [7, 11) is 0. The maximum atomic E-state index is 12.4. The Hall–Kier alpha value is -2.34. The van der Waals surface area contributed by atoms with Crippen LogP contribution in [0.3, 0.4) is 0 Å². The molecular formula is C16H16N4OS. The van der Waals surface area contributed by atoms with Gasteiger partial charge in [-0.05, 0) is 43.0 Å². The van der Waals surface area contributed by atoms with Gasteiger partial charge in [0.1, 0.15) is 0 Å². The topological polar surface area (TPSA) is 59.3 Å². The van der Waals surface area contributed by atoms with Crippen LogP contribution in [0.25, 0.3) is 5.65 Å². The number of carbonyl (C=O) groups is 1. The predicted molar refractivity (Wildman–Crippen MR) is 87.1 cm³/mol. The molecule has 2 aromatic heterocycles. The van der Waals surface area contributed by atoms with Crippen molar-refractivity contribution in [2.24, 2.45) is 0 Å². The highest BCUT2D eigenvalue weighted by molar-refractivity contribution is 7.98. The van der Waals surface area contributed by atoms with Crippen molar-refractivity contribution in [1.29, 1.82) is 0 Å². The first kappa shape index (κ1) is 14.6. The Kier molecular flexibility index (Phi) is 4.11. The van der Waals surface area contributed by atoms with Crippen LogP contribution in [-0.4, -0.2) is 26.8 Å². The summed E-state index contributed by atoms with van der Waals surface area (Å²) in [5.41, 5.74) is 2.43. The summed E-state index contributed by atoms with van der Waals surface area (Å²) in [6.45, 7) is 2.28. The third kappa shape index (κ3) is 2.82. The molecule has 1 amide bonds. The van der Waals surface area contributed by atoms with Crippen LogP contribution in [0.1, 0.15) is 21.7 Å². The fourth-order valence-corrected chi connectivity index (χ4v) is 2.68. The Labute approximate surface area is 132 Å². The summed E-state index contributed by atoms with van der Waals surface area (Å²) >= 11 is 1.62. The highest BCUT2D eigenvalue weighted by Crippen LogP contribution is 2.19. The van der Waals surface area contributed by atoms with E-state index < -0.39 is 0 Å². The molecule has 0 radical (unpaired) electrons. The lowest BCUT2D eigenvalue weighted by Crippen LogP contribution is -2.24. The fourth-order valence-electron chi connectivity index (χ4n) is 2.24. The largest absolute Gasteiger partial charge is 0.345 e. The number of hydrogen-bond donors (Lipinski definition) is 1. The van der Waals surface area contributed by atoms with Crippen molar-refractivity contribution >= 4 is 23.3 Å². The molecule has 5 nitrogen and oxygen atoms in total. The molecule has 0 saturated heterocycles. The summed E-state index contributed by atoms with van der Waals surface area (Å²) in [5, 5.41) is 11.1. The number of aromatic nitrogens is 3. The van der Waals surface area contributed by atoms with Crippen LogP contribution in [0.4, 0.5) is 0 Å². The highest BCUT2D eigenvalue weighted by Gasteiger charge is 2.11. The number of nitrogens with one attached hydrogen (secondary N) is 1. The number of carbonyl (C=O) groups excluding carboxylic acids is 1. The van der Waals surface area contributed by atoms with E-state index in [9.17, 15) is 4.79 Å². The third-order valence-electron chi connectivity index (χ3n) is 3.48. The maximum Gasteiger partial charge on any atom is 0.251 e. The van der Waals surface area contributed by atoms with Gasteiger partial charge in [0.05, 0.1) is 6.54 Å². The van der Waals surface area contributed by atoms with E-state index in [-0.39, 0.29) is 5.91 Å². The van der Waals surface area contributed by atoms with Gasteiger partial charge < -0.3 is 5.32 Å². The zero-order chi connectivity index (χ0) is 15.5. The predicted octanol–water partition coefficient (Wildman–Crippen LogP) is 2.69. The summed E-state index contributed by atoms with van der Waals surface area (Å²) in [6, 6.07) is 11.6. The van der Waals surface area contributed by atoms with Crippen molar-refractivity contribution in [3.05, 3.63) is 59.5 Å². The normalized spacial score (nSPS) is 10.8. The van der Waals surface area contributed by atoms with Gasteiger partial charge in [-0.25, -0.2) is 0 Å². The Balaban J connectivity index is 1.78. The lowest BCUT2D eigenvalue weighted by atomic mass is 10.1. The first-order valence-corrected chi connectivity index (χ1v) is 8.13. The summed E-state index contributed by atoms with van der Waals surface area (Å²) in [5.74, 6) is 0.615. The monoisotopic (exact) mass is 312 g/mol. The van der Waals surface area contributed by atoms with Crippen molar-refractivity contribution in [2.75, 3.05) is 6.26 Å². The van der Waals surface area contributed by atoms with E-state index in [1.807, 2.05) is 60.2 Å². The highest BCUT2D eigenvalue weighted by atomic mass is 32.2. The second kappa shape index (κ2) is 6.19. The molecule has 0 fully saturated rings. The second-order valence-electron chi connectivity index (χ2n) is 4.91. The number of thioether (sulfide) groups is 1. The second-order valence-corrected chi connectivity index (χ2v) is 5.79. The minimum Gasteiger partial charge on any atom is -0.345 e. The molecule has 0 saturated carbocycles. The van der Waals surface area contributed by atoms with Crippen LogP contribution in [0, 0.1) is 6.92 Å². The Morgan fingerprint density at radius 1 is 1.27 bits per heavy atom.